The van der Waals surface area contributed by atoms with Gasteiger partial charge in [0.2, 0.25) is 0 Å². The molecule has 0 saturated heterocycles. The molecule has 2 unspecified atom stereocenters. The van der Waals surface area contributed by atoms with Gasteiger partial charge in [0, 0.05) is 18.2 Å². The van der Waals surface area contributed by atoms with Gasteiger partial charge in [-0.25, -0.2) is 0 Å². The zero-order valence-corrected chi connectivity index (χ0v) is 21.7. The number of hydrogen-bond acceptors (Lipinski definition) is 7. The Morgan fingerprint density at radius 3 is 2.69 bits per heavy atom. The minimum Gasteiger partial charge on any atom is -0.495 e. The van der Waals surface area contributed by atoms with Crippen LogP contribution in [0.25, 0.3) is 0 Å². The molecule has 3 aromatic rings. The predicted octanol–water partition coefficient (Wildman–Crippen LogP) is 5.62. The third-order valence-corrected chi connectivity index (χ3v) is 8.43. The van der Waals surface area contributed by atoms with E-state index < -0.39 is 22.7 Å². The number of rotatable bonds is 7. The van der Waals surface area contributed by atoms with E-state index in [2.05, 4.69) is 4.98 Å². The Bertz CT molecular complexity index is 1260. The molecule has 1 aliphatic rings. The van der Waals surface area contributed by atoms with E-state index in [1.165, 1.54) is 0 Å². The second kappa shape index (κ2) is 10.5. The number of nitrogens with zero attached hydrogens (tertiary/aromatic N) is 2. The van der Waals surface area contributed by atoms with E-state index >= 15 is 0 Å². The van der Waals surface area contributed by atoms with Gasteiger partial charge >= 0.3 is 5.97 Å². The van der Waals surface area contributed by atoms with Crippen LogP contribution in [0.3, 0.4) is 0 Å². The molecule has 2 aromatic carbocycles. The van der Waals surface area contributed by atoms with Crippen molar-refractivity contribution in [2.45, 2.75) is 50.7 Å². The van der Waals surface area contributed by atoms with Crippen LogP contribution in [0.2, 0.25) is 0 Å². The van der Waals surface area contributed by atoms with Gasteiger partial charge in [0.15, 0.2) is 0 Å². The van der Waals surface area contributed by atoms with Crippen LogP contribution in [0, 0.1) is 13.8 Å². The first-order valence-corrected chi connectivity index (χ1v) is 13.2. The van der Waals surface area contributed by atoms with Crippen LogP contribution in [0.15, 0.2) is 59.6 Å². The van der Waals surface area contributed by atoms with Gasteiger partial charge in [-0.2, -0.15) is 4.31 Å². The average molecular weight is 513 g/mol. The van der Waals surface area contributed by atoms with Crippen LogP contribution in [-0.2, 0) is 11.3 Å². The third-order valence-electron chi connectivity index (χ3n) is 6.51. The van der Waals surface area contributed by atoms with Crippen molar-refractivity contribution in [3.8, 4) is 11.5 Å². The number of para-hydroxylation sites is 1. The van der Waals surface area contributed by atoms with Crippen molar-refractivity contribution in [3.63, 3.8) is 0 Å². The highest BCUT2D eigenvalue weighted by atomic mass is 32.3. The fourth-order valence-electron chi connectivity index (χ4n) is 4.56. The minimum atomic E-state index is -3.30. The fraction of sp³-hybridized carbons (Fsp3) is 0.333. The van der Waals surface area contributed by atoms with Crippen LogP contribution in [-0.4, -0.2) is 49.2 Å². The number of carboxylic acid groups (broad SMARTS) is 1. The molecule has 1 aromatic heterocycles. The number of aryl methyl sites for hydroxylation is 2. The lowest BCUT2D eigenvalue weighted by Gasteiger charge is -2.42. The Labute approximate surface area is 213 Å². The average Bonchev–Trinajstić information content (AvgIpc) is 2.93. The summed E-state index contributed by atoms with van der Waals surface area (Å²) in [6.07, 6.45) is 1.24. The molecule has 0 amide bonds. The molecule has 2 atom stereocenters. The lowest BCUT2D eigenvalue weighted by molar-refractivity contribution is -0.137. The smallest absolute Gasteiger partial charge is 0.304 e. The standard InChI is InChI=1S/C27H32N2O6S/c1-17-9-10-20(24(13-27(30)31)23-12-22(34-4)14-28-19(23)3)11-21(17)16-29-15-18(2)35-25-7-5-6-8-26(25)36(29,32)33/h5-12,14,18,24,32-33H,13,15-16H2,1-4H3,(H,30,31). The Morgan fingerprint density at radius 2 is 1.97 bits per heavy atom. The maximum Gasteiger partial charge on any atom is 0.304 e. The van der Waals surface area contributed by atoms with Crippen molar-refractivity contribution in [1.29, 1.82) is 0 Å². The number of benzene rings is 2. The largest absolute Gasteiger partial charge is 0.495 e. The molecule has 0 saturated carbocycles. The van der Waals surface area contributed by atoms with Crippen LogP contribution in [0.5, 0.6) is 11.5 Å². The summed E-state index contributed by atoms with van der Waals surface area (Å²) in [4.78, 5) is 16.6. The number of aromatic nitrogens is 1. The van der Waals surface area contributed by atoms with Crippen molar-refractivity contribution in [2.24, 2.45) is 0 Å². The zero-order chi connectivity index (χ0) is 26.0. The molecule has 9 heteroatoms. The summed E-state index contributed by atoms with van der Waals surface area (Å²) in [5, 5.41) is 9.69. The summed E-state index contributed by atoms with van der Waals surface area (Å²) >= 11 is 0. The van der Waals surface area contributed by atoms with Crippen LogP contribution >= 0.6 is 10.8 Å². The van der Waals surface area contributed by atoms with Gasteiger partial charge in [0.25, 0.3) is 0 Å². The molecule has 36 heavy (non-hydrogen) atoms. The molecule has 0 spiro atoms. The van der Waals surface area contributed by atoms with Crippen LogP contribution in [0.4, 0.5) is 0 Å². The van der Waals surface area contributed by atoms with Gasteiger partial charge in [-0.3, -0.25) is 18.9 Å². The van der Waals surface area contributed by atoms with Gasteiger partial charge in [-0.1, -0.05) is 30.3 Å². The number of ether oxygens (including phenoxy) is 2. The number of aliphatic carboxylic acids is 1. The minimum absolute atomic E-state index is 0.116. The van der Waals surface area contributed by atoms with Crippen molar-refractivity contribution >= 4 is 16.7 Å². The summed E-state index contributed by atoms with van der Waals surface area (Å²) in [6, 6.07) is 14.7. The first kappa shape index (κ1) is 26.0. The second-order valence-corrected chi connectivity index (χ2v) is 11.1. The molecule has 0 bridgehead atoms. The molecule has 192 valence electrons. The Balaban J connectivity index is 1.74. The Hall–Kier alpha value is -3.11. The molecule has 1 aliphatic heterocycles. The van der Waals surface area contributed by atoms with E-state index in [-0.39, 0.29) is 19.1 Å². The number of methoxy groups -OCH3 is 1. The van der Waals surface area contributed by atoms with E-state index in [0.717, 1.165) is 27.9 Å². The molecular formula is C27H32N2O6S. The molecular weight excluding hydrogens is 480 g/mol. The number of hydrogen-bond donors (Lipinski definition) is 3. The summed E-state index contributed by atoms with van der Waals surface area (Å²) in [5.41, 5.74) is 4.17. The summed E-state index contributed by atoms with van der Waals surface area (Å²) in [7, 11) is -1.75. The maximum absolute atomic E-state index is 11.8. The molecule has 0 radical (unpaired) electrons. The molecule has 4 rings (SSSR count). The highest BCUT2D eigenvalue weighted by molar-refractivity contribution is 8.22. The quantitative estimate of drug-likeness (QED) is 0.374. The lowest BCUT2D eigenvalue weighted by atomic mass is 9.86. The maximum atomic E-state index is 11.8. The molecule has 0 aliphatic carbocycles. The molecule has 8 nitrogen and oxygen atoms in total. The van der Waals surface area contributed by atoms with E-state index in [0.29, 0.717) is 22.9 Å². The van der Waals surface area contributed by atoms with Crippen LogP contribution in [0.1, 0.15) is 47.2 Å². The first-order valence-electron chi connectivity index (χ1n) is 11.7. The predicted molar refractivity (Wildman–Crippen MR) is 139 cm³/mol. The first-order chi connectivity index (χ1) is 17.1. The van der Waals surface area contributed by atoms with E-state index in [1.807, 2.05) is 51.1 Å². The van der Waals surface area contributed by atoms with Gasteiger partial charge in [0.1, 0.15) is 22.5 Å². The van der Waals surface area contributed by atoms with E-state index in [1.54, 1.807) is 35.8 Å². The van der Waals surface area contributed by atoms with E-state index in [9.17, 15) is 19.0 Å². The molecule has 2 heterocycles. The summed E-state index contributed by atoms with van der Waals surface area (Å²) < 4.78 is 35.5. The van der Waals surface area contributed by atoms with Gasteiger partial charge in [-0.15, -0.1) is 10.8 Å². The van der Waals surface area contributed by atoms with E-state index in [4.69, 9.17) is 9.47 Å². The number of carbonyl (C=O) groups is 1. The van der Waals surface area contributed by atoms with Crippen LogP contribution < -0.4 is 9.47 Å². The number of carboxylic acids is 1. The van der Waals surface area contributed by atoms with Crippen molar-refractivity contribution in [3.05, 3.63) is 82.7 Å². The Kier molecular flexibility index (Phi) is 7.56. The molecule has 0 fully saturated rings. The van der Waals surface area contributed by atoms with Crippen molar-refractivity contribution < 1.29 is 28.5 Å². The fourth-order valence-corrected chi connectivity index (χ4v) is 6.22. The van der Waals surface area contributed by atoms with Gasteiger partial charge in [-0.05, 0) is 61.2 Å². The topological polar surface area (TPSA) is 112 Å². The van der Waals surface area contributed by atoms with Gasteiger partial charge in [0.05, 0.1) is 26.3 Å². The second-order valence-electron chi connectivity index (χ2n) is 9.10. The summed E-state index contributed by atoms with van der Waals surface area (Å²) in [5.74, 6) is -0.337. The lowest BCUT2D eigenvalue weighted by Crippen LogP contribution is -2.33. The van der Waals surface area contributed by atoms with Crippen molar-refractivity contribution in [2.75, 3.05) is 13.7 Å². The normalized spacial score (nSPS) is 18.9. The summed E-state index contributed by atoms with van der Waals surface area (Å²) in [6.45, 7) is 6.29. The SMILES string of the molecule is COc1cnc(C)c(C(CC(=O)O)c2ccc(C)c(CN3CC(C)Oc4ccccc4S3(O)O)c2)c1. The number of fused-ring (bicyclic) bond motifs is 1. The third kappa shape index (κ3) is 5.34. The highest BCUT2D eigenvalue weighted by Crippen LogP contribution is 2.57. The Morgan fingerprint density at radius 1 is 1.22 bits per heavy atom. The molecule has 3 N–H and O–H groups in total. The monoisotopic (exact) mass is 512 g/mol. The van der Waals surface area contributed by atoms with Crippen molar-refractivity contribution in [1.82, 2.24) is 9.29 Å². The van der Waals surface area contributed by atoms with Gasteiger partial charge < -0.3 is 14.6 Å². The zero-order valence-electron chi connectivity index (χ0n) is 20.8. The highest BCUT2D eigenvalue weighted by Gasteiger charge is 2.34. The number of pyridine rings is 1.